The molecule has 130 valence electrons. The van der Waals surface area contributed by atoms with Gasteiger partial charge in [0.15, 0.2) is 0 Å². The van der Waals surface area contributed by atoms with Gasteiger partial charge in [-0.2, -0.15) is 0 Å². The van der Waals surface area contributed by atoms with Gasteiger partial charge in [-0.1, -0.05) is 30.3 Å². The van der Waals surface area contributed by atoms with Crippen LogP contribution in [0.3, 0.4) is 0 Å². The smallest absolute Gasteiger partial charge is 0.261 e. The molecule has 1 amide bonds. The standard InChI is InChI=1S/C22H21N3O/c1-14-8-9-16(3)19(12-14)24-21-17-6-4-5-7-18(17)22(26)25(21)20-13-15(2)10-11-23-20/h4-13,21,24H,1-3H3. The quantitative estimate of drug-likeness (QED) is 0.744. The first-order valence-corrected chi connectivity index (χ1v) is 8.73. The predicted molar refractivity (Wildman–Crippen MR) is 105 cm³/mol. The number of fused-ring (bicyclic) bond motifs is 1. The molecule has 0 spiro atoms. The van der Waals surface area contributed by atoms with Gasteiger partial charge in [0.1, 0.15) is 12.0 Å². The van der Waals surface area contributed by atoms with Crippen LogP contribution in [0.5, 0.6) is 0 Å². The van der Waals surface area contributed by atoms with Gasteiger partial charge in [-0.25, -0.2) is 4.98 Å². The van der Waals surface area contributed by atoms with Crippen LogP contribution < -0.4 is 10.2 Å². The number of aromatic nitrogens is 1. The van der Waals surface area contributed by atoms with Crippen molar-refractivity contribution < 1.29 is 4.79 Å². The van der Waals surface area contributed by atoms with Gasteiger partial charge in [0.05, 0.1) is 0 Å². The maximum absolute atomic E-state index is 13.1. The van der Waals surface area contributed by atoms with Crippen molar-refractivity contribution in [3.8, 4) is 0 Å². The summed E-state index contributed by atoms with van der Waals surface area (Å²) in [6.07, 6.45) is 1.46. The number of carbonyl (C=O) groups excluding carboxylic acids is 1. The topological polar surface area (TPSA) is 45.2 Å². The van der Waals surface area contributed by atoms with Gasteiger partial charge in [0.2, 0.25) is 0 Å². The maximum Gasteiger partial charge on any atom is 0.261 e. The fourth-order valence-electron chi connectivity index (χ4n) is 3.39. The summed E-state index contributed by atoms with van der Waals surface area (Å²) in [5.74, 6) is 0.635. The number of aryl methyl sites for hydroxylation is 3. The summed E-state index contributed by atoms with van der Waals surface area (Å²) in [6, 6.07) is 17.9. The zero-order chi connectivity index (χ0) is 18.3. The second-order valence-electron chi connectivity index (χ2n) is 6.82. The Hall–Kier alpha value is -3.14. The van der Waals surface area contributed by atoms with Gasteiger partial charge in [-0.15, -0.1) is 0 Å². The summed E-state index contributed by atoms with van der Waals surface area (Å²) in [5, 5.41) is 3.57. The Morgan fingerprint density at radius 1 is 0.962 bits per heavy atom. The molecule has 1 aromatic heterocycles. The fourth-order valence-corrected chi connectivity index (χ4v) is 3.39. The third kappa shape index (κ3) is 2.73. The number of nitrogens with zero attached hydrogens (tertiary/aromatic N) is 2. The molecule has 3 aromatic rings. The Morgan fingerprint density at radius 3 is 2.54 bits per heavy atom. The summed E-state index contributed by atoms with van der Waals surface area (Å²) in [5.41, 5.74) is 6.11. The van der Waals surface area contributed by atoms with E-state index in [1.165, 1.54) is 5.56 Å². The summed E-state index contributed by atoms with van der Waals surface area (Å²) < 4.78 is 0. The lowest BCUT2D eigenvalue weighted by Gasteiger charge is -2.27. The van der Waals surface area contributed by atoms with Crippen molar-refractivity contribution in [2.45, 2.75) is 26.9 Å². The first-order chi connectivity index (χ1) is 12.5. The van der Waals surface area contributed by atoms with Crippen molar-refractivity contribution in [3.05, 3.63) is 88.6 Å². The van der Waals surface area contributed by atoms with E-state index in [-0.39, 0.29) is 12.1 Å². The Morgan fingerprint density at radius 2 is 1.73 bits per heavy atom. The summed E-state index contributed by atoms with van der Waals surface area (Å²) in [7, 11) is 0. The van der Waals surface area contributed by atoms with E-state index in [0.717, 1.165) is 27.9 Å². The van der Waals surface area contributed by atoms with Crippen LogP contribution in [0.1, 0.15) is 38.8 Å². The van der Waals surface area contributed by atoms with E-state index >= 15 is 0 Å². The van der Waals surface area contributed by atoms with Crippen LogP contribution in [-0.4, -0.2) is 10.9 Å². The molecule has 0 radical (unpaired) electrons. The minimum absolute atomic E-state index is 0.0264. The van der Waals surface area contributed by atoms with Crippen LogP contribution >= 0.6 is 0 Å². The molecule has 0 aliphatic carbocycles. The zero-order valence-corrected chi connectivity index (χ0v) is 15.2. The third-order valence-electron chi connectivity index (χ3n) is 4.80. The van der Waals surface area contributed by atoms with Crippen LogP contribution in [0.25, 0.3) is 0 Å². The minimum atomic E-state index is -0.284. The van der Waals surface area contributed by atoms with Crippen molar-refractivity contribution in [2.24, 2.45) is 0 Å². The van der Waals surface area contributed by atoms with Gasteiger partial charge < -0.3 is 5.32 Å². The Balaban J connectivity index is 1.82. The molecular weight excluding hydrogens is 322 g/mol. The van der Waals surface area contributed by atoms with E-state index in [1.807, 2.05) is 43.3 Å². The number of rotatable bonds is 3. The van der Waals surface area contributed by atoms with Crippen molar-refractivity contribution in [1.82, 2.24) is 4.98 Å². The number of hydrogen-bond donors (Lipinski definition) is 1. The average Bonchev–Trinajstić information content (AvgIpc) is 2.91. The third-order valence-corrected chi connectivity index (χ3v) is 4.80. The van der Waals surface area contributed by atoms with E-state index in [0.29, 0.717) is 5.82 Å². The minimum Gasteiger partial charge on any atom is -0.361 e. The molecule has 1 N–H and O–H groups in total. The van der Waals surface area contributed by atoms with Gasteiger partial charge in [0.25, 0.3) is 5.91 Å². The van der Waals surface area contributed by atoms with Crippen molar-refractivity contribution in [2.75, 3.05) is 10.2 Å². The highest BCUT2D eigenvalue weighted by molar-refractivity contribution is 6.11. The molecule has 1 unspecified atom stereocenters. The van der Waals surface area contributed by atoms with E-state index in [2.05, 4.69) is 42.3 Å². The van der Waals surface area contributed by atoms with Crippen molar-refractivity contribution in [3.63, 3.8) is 0 Å². The average molecular weight is 343 g/mol. The van der Waals surface area contributed by atoms with Gasteiger partial charge in [-0.05, 0) is 61.7 Å². The van der Waals surface area contributed by atoms with Crippen LogP contribution in [0, 0.1) is 20.8 Å². The largest absolute Gasteiger partial charge is 0.361 e. The number of pyridine rings is 1. The van der Waals surface area contributed by atoms with Crippen LogP contribution in [-0.2, 0) is 0 Å². The number of anilines is 2. The highest BCUT2D eigenvalue weighted by Gasteiger charge is 2.38. The Labute approximate surface area is 153 Å². The van der Waals surface area contributed by atoms with Crippen molar-refractivity contribution >= 4 is 17.4 Å². The molecule has 0 saturated carbocycles. The van der Waals surface area contributed by atoms with Crippen LogP contribution in [0.4, 0.5) is 11.5 Å². The second-order valence-corrected chi connectivity index (χ2v) is 6.82. The highest BCUT2D eigenvalue weighted by atomic mass is 16.2. The number of nitrogens with one attached hydrogen (secondary N) is 1. The summed E-state index contributed by atoms with van der Waals surface area (Å²) in [6.45, 7) is 6.14. The second kappa shape index (κ2) is 6.30. The molecule has 0 bridgehead atoms. The molecule has 26 heavy (non-hydrogen) atoms. The lowest BCUT2D eigenvalue weighted by Crippen LogP contribution is -2.33. The van der Waals surface area contributed by atoms with Gasteiger partial charge in [-0.3, -0.25) is 9.69 Å². The van der Waals surface area contributed by atoms with Crippen LogP contribution in [0.2, 0.25) is 0 Å². The predicted octanol–water partition coefficient (Wildman–Crippen LogP) is 4.78. The molecule has 0 saturated heterocycles. The SMILES string of the molecule is Cc1ccnc(N2C(=O)c3ccccc3C2Nc2cc(C)ccc2C)c1. The van der Waals surface area contributed by atoms with E-state index < -0.39 is 0 Å². The maximum atomic E-state index is 13.1. The number of benzene rings is 2. The molecule has 1 atom stereocenters. The molecule has 4 nitrogen and oxygen atoms in total. The van der Waals surface area contributed by atoms with Gasteiger partial charge >= 0.3 is 0 Å². The highest BCUT2D eigenvalue weighted by Crippen LogP contribution is 2.38. The molecule has 1 aliphatic rings. The lowest BCUT2D eigenvalue weighted by molar-refractivity contribution is 0.0992. The zero-order valence-electron chi connectivity index (χ0n) is 15.2. The lowest BCUT2D eigenvalue weighted by atomic mass is 10.1. The normalized spacial score (nSPS) is 15.9. The first-order valence-electron chi connectivity index (χ1n) is 8.73. The monoisotopic (exact) mass is 343 g/mol. The Kier molecular flexibility index (Phi) is 3.96. The molecular formula is C22H21N3O. The first kappa shape index (κ1) is 16.3. The molecule has 4 rings (SSSR count). The molecule has 2 aromatic carbocycles. The molecule has 1 aliphatic heterocycles. The number of hydrogen-bond acceptors (Lipinski definition) is 3. The van der Waals surface area contributed by atoms with E-state index in [9.17, 15) is 4.79 Å². The number of carbonyl (C=O) groups is 1. The van der Waals surface area contributed by atoms with E-state index in [4.69, 9.17) is 0 Å². The molecule has 2 heterocycles. The molecule has 0 fully saturated rings. The van der Waals surface area contributed by atoms with Crippen molar-refractivity contribution in [1.29, 1.82) is 0 Å². The molecule has 4 heteroatoms. The van der Waals surface area contributed by atoms with Crippen LogP contribution in [0.15, 0.2) is 60.8 Å². The summed E-state index contributed by atoms with van der Waals surface area (Å²) >= 11 is 0. The fraction of sp³-hybridized carbons (Fsp3) is 0.182. The van der Waals surface area contributed by atoms with E-state index in [1.54, 1.807) is 11.1 Å². The summed E-state index contributed by atoms with van der Waals surface area (Å²) in [4.78, 5) is 19.3. The van der Waals surface area contributed by atoms with Gasteiger partial charge in [0, 0.05) is 23.0 Å². The number of amides is 1. The Bertz CT molecular complexity index is 996.